The fourth-order valence-electron chi connectivity index (χ4n) is 3.20. The molecule has 0 saturated heterocycles. The molecule has 0 fully saturated rings. The molecule has 0 N–H and O–H groups in total. The van der Waals surface area contributed by atoms with Crippen molar-refractivity contribution < 1.29 is 17.5 Å². The van der Waals surface area contributed by atoms with Crippen LogP contribution in [0.4, 0.5) is 0 Å². The first kappa shape index (κ1) is 26.1. The van der Waals surface area contributed by atoms with Gasteiger partial charge in [0, 0.05) is 11.0 Å². The second kappa shape index (κ2) is 14.1. The summed E-state index contributed by atoms with van der Waals surface area (Å²) < 4.78 is 31.6. The Bertz CT molecular complexity index is 816. The Morgan fingerprint density at radius 2 is 1.37 bits per heavy atom. The lowest BCUT2D eigenvalue weighted by Crippen LogP contribution is -2.39. The summed E-state index contributed by atoms with van der Waals surface area (Å²) in [5.41, 5.74) is 2.14. The van der Waals surface area contributed by atoms with Crippen LogP contribution in [-0.4, -0.2) is 38.1 Å². The largest absolute Gasteiger partial charge is 0.744 e. The molecule has 5 heteroatoms. The second-order valence-electron chi connectivity index (χ2n) is 8.28. The number of quaternary nitrogens is 1. The lowest BCUT2D eigenvalue weighted by atomic mass is 10.1. The van der Waals surface area contributed by atoms with Crippen LogP contribution < -0.4 is 0 Å². The maximum atomic E-state index is 10.2. The van der Waals surface area contributed by atoms with Crippen LogP contribution in [0.1, 0.15) is 56.6 Å². The highest BCUT2D eigenvalue weighted by Crippen LogP contribution is 2.12. The Balaban J connectivity index is 0.000000325. The van der Waals surface area contributed by atoms with Gasteiger partial charge in [-0.15, -0.1) is 0 Å². The number of hydrogen-bond donors (Lipinski definition) is 0. The number of nitrogens with zero attached hydrogens (tertiary/aromatic N) is 1. The summed E-state index contributed by atoms with van der Waals surface area (Å²) >= 11 is 0. The summed E-state index contributed by atoms with van der Waals surface area (Å²) in [5, 5.41) is 0.641. The van der Waals surface area contributed by atoms with Crippen LogP contribution in [0, 0.1) is 0 Å². The third-order valence-electron chi connectivity index (χ3n) is 4.80. The molecule has 30 heavy (non-hydrogen) atoms. The van der Waals surface area contributed by atoms with E-state index in [4.69, 9.17) is 0 Å². The Kier molecular flexibility index (Phi) is 12.3. The van der Waals surface area contributed by atoms with Gasteiger partial charge >= 0.3 is 0 Å². The van der Waals surface area contributed by atoms with Gasteiger partial charge in [0.15, 0.2) is 0 Å². The molecule has 4 nitrogen and oxygen atoms in total. The van der Waals surface area contributed by atoms with E-state index in [2.05, 4.69) is 51.4 Å². The number of rotatable bonds is 11. The van der Waals surface area contributed by atoms with E-state index in [0.717, 1.165) is 11.0 Å². The lowest BCUT2D eigenvalue weighted by molar-refractivity contribution is -0.903. The van der Waals surface area contributed by atoms with Gasteiger partial charge in [-0.2, -0.15) is 0 Å². The SMILES string of the molecule is CCCCCCCC[N+](C)(C)Cc1ccccc1.O=S(=O)([O-])C=Cc1ccccc1. The third kappa shape index (κ3) is 14.1. The first-order valence-electron chi connectivity index (χ1n) is 10.8. The van der Waals surface area contributed by atoms with Crippen molar-refractivity contribution in [1.82, 2.24) is 0 Å². The van der Waals surface area contributed by atoms with Gasteiger partial charge in [-0.3, -0.25) is 0 Å². The minimum absolute atomic E-state index is 0.641. The van der Waals surface area contributed by atoms with Gasteiger partial charge in [0.25, 0.3) is 0 Å². The van der Waals surface area contributed by atoms with E-state index in [1.165, 1.54) is 56.7 Å². The Morgan fingerprint density at radius 1 is 0.833 bits per heavy atom. The van der Waals surface area contributed by atoms with Crippen molar-refractivity contribution in [3.8, 4) is 0 Å². The van der Waals surface area contributed by atoms with Gasteiger partial charge in [-0.25, -0.2) is 8.42 Å². The first-order chi connectivity index (χ1) is 14.2. The summed E-state index contributed by atoms with van der Waals surface area (Å²) in [6.45, 7) is 4.72. The van der Waals surface area contributed by atoms with Gasteiger partial charge in [0.05, 0.1) is 20.6 Å². The predicted molar refractivity (Wildman–Crippen MR) is 126 cm³/mol. The maximum absolute atomic E-state index is 10.2. The van der Waals surface area contributed by atoms with Crippen LogP contribution in [0.2, 0.25) is 0 Å². The Morgan fingerprint density at radius 3 is 1.93 bits per heavy atom. The van der Waals surface area contributed by atoms with E-state index < -0.39 is 10.1 Å². The van der Waals surface area contributed by atoms with Crippen LogP contribution in [0.3, 0.4) is 0 Å². The zero-order valence-corrected chi connectivity index (χ0v) is 19.5. The van der Waals surface area contributed by atoms with Crippen LogP contribution in [0.5, 0.6) is 0 Å². The van der Waals surface area contributed by atoms with Gasteiger partial charge in [-0.1, -0.05) is 93.3 Å². The van der Waals surface area contributed by atoms with E-state index in [1.54, 1.807) is 24.3 Å². The molecule has 0 aliphatic rings. The molecule has 0 bridgehead atoms. The number of hydrogen-bond acceptors (Lipinski definition) is 3. The van der Waals surface area contributed by atoms with E-state index in [0.29, 0.717) is 11.0 Å². The molecule has 2 aromatic rings. The highest BCUT2D eigenvalue weighted by Gasteiger charge is 2.14. The second-order valence-corrected chi connectivity index (χ2v) is 9.53. The molecule has 0 spiro atoms. The molecule has 0 saturated carbocycles. The molecule has 0 aliphatic heterocycles. The van der Waals surface area contributed by atoms with Gasteiger partial charge < -0.3 is 9.04 Å². The smallest absolute Gasteiger partial charge is 0.117 e. The Hall–Kier alpha value is -1.95. The highest BCUT2D eigenvalue weighted by molar-refractivity contribution is 7.88. The zero-order chi connectivity index (χ0) is 22.3. The first-order valence-corrected chi connectivity index (χ1v) is 12.2. The normalized spacial score (nSPS) is 11.9. The van der Waals surface area contributed by atoms with Crippen LogP contribution in [0.15, 0.2) is 66.1 Å². The van der Waals surface area contributed by atoms with Crippen molar-refractivity contribution in [2.45, 2.75) is 52.0 Å². The summed E-state index contributed by atoms with van der Waals surface area (Å²) in [6.07, 6.45) is 9.61. The van der Waals surface area contributed by atoms with Crippen LogP contribution in [0.25, 0.3) is 6.08 Å². The van der Waals surface area contributed by atoms with Crippen molar-refractivity contribution in [3.63, 3.8) is 0 Å². The molecule has 2 aromatic carbocycles. The molecular weight excluding hydrogens is 394 g/mol. The highest BCUT2D eigenvalue weighted by atomic mass is 32.2. The van der Waals surface area contributed by atoms with Crippen molar-refractivity contribution in [2.24, 2.45) is 0 Å². The summed E-state index contributed by atoms with van der Waals surface area (Å²) in [7, 11) is 0.440. The lowest BCUT2D eigenvalue weighted by Gasteiger charge is -2.30. The molecule has 0 radical (unpaired) electrons. The van der Waals surface area contributed by atoms with Crippen molar-refractivity contribution in [2.75, 3.05) is 20.6 Å². The fourth-order valence-corrected chi connectivity index (χ4v) is 3.53. The zero-order valence-electron chi connectivity index (χ0n) is 18.7. The van der Waals surface area contributed by atoms with Crippen molar-refractivity contribution in [3.05, 3.63) is 77.2 Å². The van der Waals surface area contributed by atoms with E-state index in [9.17, 15) is 13.0 Å². The molecule has 2 rings (SSSR count). The Labute approximate surface area is 183 Å². The topological polar surface area (TPSA) is 57.2 Å². The molecular formula is C25H37NO3S. The van der Waals surface area contributed by atoms with Gasteiger partial charge in [-0.05, 0) is 24.5 Å². The van der Waals surface area contributed by atoms with Gasteiger partial charge in [0.1, 0.15) is 16.7 Å². The fraction of sp³-hybridized carbons (Fsp3) is 0.440. The van der Waals surface area contributed by atoms with E-state index in [-0.39, 0.29) is 0 Å². The summed E-state index contributed by atoms with van der Waals surface area (Å²) in [4.78, 5) is 0. The summed E-state index contributed by atoms with van der Waals surface area (Å²) in [5.74, 6) is 0. The van der Waals surface area contributed by atoms with E-state index >= 15 is 0 Å². The predicted octanol–water partition coefficient (Wildman–Crippen LogP) is 5.83. The van der Waals surface area contributed by atoms with Crippen molar-refractivity contribution >= 4 is 16.2 Å². The summed E-state index contributed by atoms with van der Waals surface area (Å²) in [6, 6.07) is 19.6. The third-order valence-corrected chi connectivity index (χ3v) is 5.27. The molecule has 0 aromatic heterocycles. The van der Waals surface area contributed by atoms with Gasteiger partial charge in [0.2, 0.25) is 0 Å². The maximum Gasteiger partial charge on any atom is 0.117 e. The quantitative estimate of drug-likeness (QED) is 0.256. The number of unbranched alkanes of at least 4 members (excludes halogenated alkanes) is 5. The molecule has 166 valence electrons. The van der Waals surface area contributed by atoms with Crippen LogP contribution >= 0.6 is 0 Å². The average molecular weight is 432 g/mol. The molecule has 0 atom stereocenters. The minimum Gasteiger partial charge on any atom is -0.744 e. The minimum atomic E-state index is -4.25. The van der Waals surface area contributed by atoms with Crippen LogP contribution in [-0.2, 0) is 16.7 Å². The standard InChI is InChI=1S/C17H30N.C8H8O3S/c1-4-5-6-7-8-12-15-18(2,3)16-17-13-10-9-11-14-17;9-12(10,11)7-6-8-4-2-1-3-5-8/h9-11,13-14H,4-8,12,15-16H2,1-3H3;1-7H,(H,9,10,11)/q+1;/p-1. The average Bonchev–Trinajstić information content (AvgIpc) is 2.70. The molecule has 0 aliphatic carbocycles. The monoisotopic (exact) mass is 431 g/mol. The number of benzene rings is 2. The molecule has 0 amide bonds. The van der Waals surface area contributed by atoms with Crippen molar-refractivity contribution in [1.29, 1.82) is 0 Å². The van der Waals surface area contributed by atoms with E-state index in [1.807, 2.05) is 6.07 Å². The molecule has 0 unspecified atom stereocenters. The molecule has 0 heterocycles.